The minimum absolute atomic E-state index is 0.0456. The van der Waals surface area contributed by atoms with Crippen LogP contribution in [0.25, 0.3) is 11.1 Å². The first-order valence-corrected chi connectivity index (χ1v) is 8.89. The van der Waals surface area contributed by atoms with Gasteiger partial charge in [0.25, 0.3) is 0 Å². The lowest BCUT2D eigenvalue weighted by atomic mass is 9.98. The summed E-state index contributed by atoms with van der Waals surface area (Å²) in [5.74, 6) is 0.104. The summed E-state index contributed by atoms with van der Waals surface area (Å²) in [6.45, 7) is 5.51. The Hall–Kier alpha value is -2.33. The number of amides is 1. The van der Waals surface area contributed by atoms with Gasteiger partial charge in [0.05, 0.1) is 25.3 Å². The van der Waals surface area contributed by atoms with Crippen LogP contribution in [0.1, 0.15) is 30.9 Å². The molecule has 2 unspecified atom stereocenters. The minimum atomic E-state index is -0.246. The van der Waals surface area contributed by atoms with E-state index in [-0.39, 0.29) is 24.2 Å². The highest BCUT2D eigenvalue weighted by Gasteiger charge is 2.31. The van der Waals surface area contributed by atoms with Crippen LogP contribution in [0.3, 0.4) is 0 Å². The maximum Gasteiger partial charge on any atom is 0.409 e. The van der Waals surface area contributed by atoms with Crippen LogP contribution in [-0.4, -0.2) is 42.9 Å². The van der Waals surface area contributed by atoms with Crippen LogP contribution >= 0.6 is 0 Å². The summed E-state index contributed by atoms with van der Waals surface area (Å²) >= 11 is 0. The van der Waals surface area contributed by atoms with Gasteiger partial charge in [-0.2, -0.15) is 0 Å². The fraction of sp³-hybridized carbons (Fsp3) is 0.381. The summed E-state index contributed by atoms with van der Waals surface area (Å²) in [6, 6.07) is 16.7. The van der Waals surface area contributed by atoms with Gasteiger partial charge in [-0.05, 0) is 36.1 Å². The molecule has 2 atom stereocenters. The highest BCUT2D eigenvalue weighted by atomic mass is 16.6. The van der Waals surface area contributed by atoms with Gasteiger partial charge in [-0.15, -0.1) is 0 Å². The van der Waals surface area contributed by atoms with Crippen molar-refractivity contribution in [3.8, 4) is 11.1 Å². The average molecular weight is 337 g/mol. The number of nitrogens with zero attached hydrogens (tertiary/aromatic N) is 1. The molecule has 0 spiro atoms. The highest BCUT2D eigenvalue weighted by Crippen LogP contribution is 2.44. The van der Waals surface area contributed by atoms with Crippen molar-refractivity contribution in [1.29, 1.82) is 0 Å². The molecule has 1 aliphatic carbocycles. The minimum Gasteiger partial charge on any atom is -0.448 e. The van der Waals surface area contributed by atoms with Gasteiger partial charge in [-0.25, -0.2) is 4.79 Å². The second-order valence-electron chi connectivity index (χ2n) is 6.97. The molecule has 2 aliphatic rings. The van der Waals surface area contributed by atoms with Gasteiger partial charge >= 0.3 is 6.09 Å². The first-order valence-electron chi connectivity index (χ1n) is 8.89. The molecule has 1 amide bonds. The van der Waals surface area contributed by atoms with E-state index in [9.17, 15) is 4.79 Å². The molecule has 130 valence electrons. The fourth-order valence-corrected chi connectivity index (χ4v) is 4.01. The topological polar surface area (TPSA) is 38.8 Å². The number of fused-ring (bicyclic) bond motifs is 3. The zero-order chi connectivity index (χ0) is 17.4. The van der Waals surface area contributed by atoms with Crippen molar-refractivity contribution < 1.29 is 14.3 Å². The molecule has 1 saturated heterocycles. The van der Waals surface area contributed by atoms with Gasteiger partial charge in [0, 0.05) is 5.92 Å². The molecule has 1 heterocycles. The van der Waals surface area contributed by atoms with Crippen LogP contribution < -0.4 is 0 Å². The Morgan fingerprint density at radius 1 is 1.00 bits per heavy atom. The lowest BCUT2D eigenvalue weighted by Gasteiger charge is -2.34. The van der Waals surface area contributed by atoms with E-state index in [0.717, 1.165) is 0 Å². The van der Waals surface area contributed by atoms with Crippen molar-refractivity contribution in [1.82, 2.24) is 4.90 Å². The molecule has 4 nitrogen and oxygen atoms in total. The first kappa shape index (κ1) is 16.2. The van der Waals surface area contributed by atoms with E-state index in [1.54, 1.807) is 4.90 Å². The van der Waals surface area contributed by atoms with E-state index < -0.39 is 0 Å². The van der Waals surface area contributed by atoms with Crippen LogP contribution in [0.15, 0.2) is 48.5 Å². The third-order valence-corrected chi connectivity index (χ3v) is 5.01. The van der Waals surface area contributed by atoms with E-state index in [2.05, 4.69) is 36.4 Å². The van der Waals surface area contributed by atoms with Gasteiger partial charge in [0.15, 0.2) is 0 Å². The van der Waals surface area contributed by atoms with E-state index in [1.165, 1.54) is 22.3 Å². The van der Waals surface area contributed by atoms with E-state index >= 15 is 0 Å². The lowest BCUT2D eigenvalue weighted by Crippen LogP contribution is -2.48. The number of benzene rings is 2. The van der Waals surface area contributed by atoms with Crippen molar-refractivity contribution in [3.63, 3.8) is 0 Å². The van der Waals surface area contributed by atoms with Crippen molar-refractivity contribution >= 4 is 6.09 Å². The molecular weight excluding hydrogens is 314 g/mol. The van der Waals surface area contributed by atoms with Crippen LogP contribution in [0.2, 0.25) is 0 Å². The Morgan fingerprint density at radius 2 is 1.52 bits per heavy atom. The summed E-state index contributed by atoms with van der Waals surface area (Å²) < 4.78 is 11.4. The molecule has 1 fully saturated rings. The molecule has 2 aromatic rings. The second kappa shape index (κ2) is 6.52. The normalized spacial score (nSPS) is 22.4. The van der Waals surface area contributed by atoms with Gasteiger partial charge in [-0.3, -0.25) is 0 Å². The SMILES string of the molecule is CC1CN(C(=O)OCC2c3ccccc3-c3ccccc32)CC(C)O1. The third kappa shape index (κ3) is 3.02. The third-order valence-electron chi connectivity index (χ3n) is 5.01. The molecule has 1 aliphatic heterocycles. The number of rotatable bonds is 2. The molecule has 0 N–H and O–H groups in total. The second-order valence-corrected chi connectivity index (χ2v) is 6.97. The summed E-state index contributed by atoms with van der Waals surface area (Å²) in [5, 5.41) is 0. The monoisotopic (exact) mass is 337 g/mol. The molecule has 0 radical (unpaired) electrons. The van der Waals surface area contributed by atoms with Crippen molar-refractivity contribution in [2.45, 2.75) is 32.0 Å². The molecule has 2 aromatic carbocycles. The van der Waals surface area contributed by atoms with E-state index in [4.69, 9.17) is 9.47 Å². The number of ether oxygens (including phenoxy) is 2. The van der Waals surface area contributed by atoms with Crippen LogP contribution in [-0.2, 0) is 9.47 Å². The molecule has 4 heteroatoms. The molecular formula is C21H23NO3. The largest absolute Gasteiger partial charge is 0.448 e. The van der Waals surface area contributed by atoms with Crippen molar-refractivity contribution in [2.75, 3.05) is 19.7 Å². The van der Waals surface area contributed by atoms with Crippen LogP contribution in [0.5, 0.6) is 0 Å². The zero-order valence-corrected chi connectivity index (χ0v) is 14.6. The maximum atomic E-state index is 12.5. The standard InChI is InChI=1S/C21H23NO3/c1-14-11-22(12-15(2)25-14)21(23)24-13-20-18-9-5-3-7-16(18)17-8-4-6-10-19(17)20/h3-10,14-15,20H,11-13H2,1-2H3. The van der Waals surface area contributed by atoms with Crippen molar-refractivity contribution in [2.24, 2.45) is 0 Å². The lowest BCUT2D eigenvalue weighted by molar-refractivity contribution is -0.0639. The fourth-order valence-electron chi connectivity index (χ4n) is 4.01. The van der Waals surface area contributed by atoms with Gasteiger partial charge < -0.3 is 14.4 Å². The predicted molar refractivity (Wildman–Crippen MR) is 96.7 cm³/mol. The van der Waals surface area contributed by atoms with Crippen LogP contribution in [0.4, 0.5) is 4.79 Å². The number of carbonyl (C=O) groups excluding carboxylic acids is 1. The summed E-state index contributed by atoms with van der Waals surface area (Å²) in [4.78, 5) is 14.3. The Balaban J connectivity index is 1.50. The Kier molecular flexibility index (Phi) is 4.22. The summed E-state index contributed by atoms with van der Waals surface area (Å²) in [5.41, 5.74) is 4.96. The summed E-state index contributed by atoms with van der Waals surface area (Å²) in [6.07, 6.45) is -0.155. The maximum absolute atomic E-state index is 12.5. The van der Waals surface area contributed by atoms with E-state index in [0.29, 0.717) is 19.7 Å². The molecule has 0 bridgehead atoms. The number of hydrogen-bond donors (Lipinski definition) is 0. The molecule has 4 rings (SSSR count). The Bertz CT molecular complexity index is 733. The van der Waals surface area contributed by atoms with Crippen molar-refractivity contribution in [3.05, 3.63) is 59.7 Å². The molecule has 0 aromatic heterocycles. The number of hydrogen-bond acceptors (Lipinski definition) is 3. The zero-order valence-electron chi connectivity index (χ0n) is 14.6. The van der Waals surface area contributed by atoms with Crippen LogP contribution in [0, 0.1) is 0 Å². The first-order chi connectivity index (χ1) is 12.1. The average Bonchev–Trinajstić information content (AvgIpc) is 2.93. The molecule has 25 heavy (non-hydrogen) atoms. The van der Waals surface area contributed by atoms with E-state index in [1.807, 2.05) is 26.0 Å². The Morgan fingerprint density at radius 3 is 2.08 bits per heavy atom. The molecule has 0 saturated carbocycles. The smallest absolute Gasteiger partial charge is 0.409 e. The van der Waals surface area contributed by atoms with Gasteiger partial charge in [-0.1, -0.05) is 48.5 Å². The van der Waals surface area contributed by atoms with Gasteiger partial charge in [0.1, 0.15) is 6.61 Å². The number of carbonyl (C=O) groups is 1. The number of morpholine rings is 1. The predicted octanol–water partition coefficient (Wildman–Crippen LogP) is 4.04. The quantitative estimate of drug-likeness (QED) is 0.830. The summed E-state index contributed by atoms with van der Waals surface area (Å²) in [7, 11) is 0. The Labute approximate surface area is 148 Å². The highest BCUT2D eigenvalue weighted by molar-refractivity contribution is 5.79. The van der Waals surface area contributed by atoms with Gasteiger partial charge in [0.2, 0.25) is 0 Å².